The van der Waals surface area contributed by atoms with Gasteiger partial charge in [0.25, 0.3) is 11.8 Å². The average molecular weight is 417 g/mol. The molecule has 4 N–H and O–H groups in total. The van der Waals surface area contributed by atoms with Gasteiger partial charge in [0.15, 0.2) is 13.1 Å². The van der Waals surface area contributed by atoms with E-state index in [9.17, 15) is 9.59 Å². The largest absolute Gasteiger partial charge is 0.321 e. The second-order valence-corrected chi connectivity index (χ2v) is 7.89. The van der Waals surface area contributed by atoms with Gasteiger partial charge in [-0.25, -0.2) is 0 Å². The van der Waals surface area contributed by atoms with E-state index in [1.54, 1.807) is 12.1 Å². The van der Waals surface area contributed by atoms with Gasteiger partial charge >= 0.3 is 0 Å². The Kier molecular flexibility index (Phi) is 7.63. The minimum atomic E-state index is -0.0372. The number of hydrogen-bond acceptors (Lipinski definition) is 2. The van der Waals surface area contributed by atoms with E-state index >= 15 is 0 Å². The van der Waals surface area contributed by atoms with E-state index < -0.39 is 0 Å². The highest BCUT2D eigenvalue weighted by Crippen LogP contribution is 2.19. The van der Waals surface area contributed by atoms with E-state index in [2.05, 4.69) is 17.6 Å². The van der Waals surface area contributed by atoms with Crippen molar-refractivity contribution in [3.8, 4) is 0 Å². The molecular formula is C22H29ClN4O2+2. The number of rotatable bonds is 7. The maximum absolute atomic E-state index is 12.3. The third kappa shape index (κ3) is 6.56. The number of carbonyl (C=O) groups is 2. The van der Waals surface area contributed by atoms with Crippen molar-refractivity contribution >= 4 is 34.8 Å². The molecule has 154 valence electrons. The molecule has 29 heavy (non-hydrogen) atoms. The van der Waals surface area contributed by atoms with Crippen LogP contribution in [0.25, 0.3) is 0 Å². The van der Waals surface area contributed by atoms with Crippen LogP contribution < -0.4 is 20.4 Å². The van der Waals surface area contributed by atoms with Crippen molar-refractivity contribution < 1.29 is 19.4 Å². The molecular weight excluding hydrogens is 388 g/mol. The Morgan fingerprint density at radius 1 is 0.862 bits per heavy atom. The molecule has 1 aliphatic rings. The summed E-state index contributed by atoms with van der Waals surface area (Å²) < 4.78 is 0. The number of para-hydroxylation sites is 1. The van der Waals surface area contributed by atoms with Crippen molar-refractivity contribution in [2.24, 2.45) is 0 Å². The Labute approximate surface area is 176 Å². The number of quaternary nitrogens is 2. The van der Waals surface area contributed by atoms with E-state index in [-0.39, 0.29) is 11.8 Å². The summed E-state index contributed by atoms with van der Waals surface area (Å²) in [7, 11) is 0. The highest BCUT2D eigenvalue weighted by atomic mass is 35.5. The first-order valence-corrected chi connectivity index (χ1v) is 10.5. The maximum Gasteiger partial charge on any atom is 0.279 e. The van der Waals surface area contributed by atoms with Gasteiger partial charge in [0.2, 0.25) is 0 Å². The molecule has 1 fully saturated rings. The molecule has 7 heteroatoms. The van der Waals surface area contributed by atoms with Crippen molar-refractivity contribution in [2.75, 3.05) is 49.9 Å². The summed E-state index contributed by atoms with van der Waals surface area (Å²) in [6.07, 6.45) is 0.987. The molecule has 0 aliphatic carbocycles. The quantitative estimate of drug-likeness (QED) is 0.523. The van der Waals surface area contributed by atoms with E-state index in [1.165, 1.54) is 15.4 Å². The fraction of sp³-hybridized carbons (Fsp3) is 0.364. The fourth-order valence-electron chi connectivity index (χ4n) is 3.55. The summed E-state index contributed by atoms with van der Waals surface area (Å²) >= 11 is 6.09. The summed E-state index contributed by atoms with van der Waals surface area (Å²) in [4.78, 5) is 27.1. The zero-order valence-electron chi connectivity index (χ0n) is 16.8. The summed E-state index contributed by atoms with van der Waals surface area (Å²) in [5.41, 5.74) is 2.74. The molecule has 0 aromatic heterocycles. The number of amides is 2. The lowest BCUT2D eigenvalue weighted by atomic mass is 10.1. The van der Waals surface area contributed by atoms with Gasteiger partial charge in [-0.3, -0.25) is 9.59 Å². The standard InChI is InChI=1S/C22H27ClN4O2/c1-2-17-7-9-18(10-8-17)24-21(28)15-26-11-13-27(14-12-26)16-22(29)25-20-6-4-3-5-19(20)23/h3-10H,2,11-16H2,1H3,(H,24,28)(H,25,29)/p+2. The van der Waals surface area contributed by atoms with Crippen LogP contribution in [0.15, 0.2) is 48.5 Å². The zero-order valence-corrected chi connectivity index (χ0v) is 17.5. The normalized spacial score (nSPS) is 18.8. The summed E-state index contributed by atoms with van der Waals surface area (Å²) in [6, 6.07) is 15.2. The van der Waals surface area contributed by atoms with Crippen LogP contribution in [0, 0.1) is 0 Å². The van der Waals surface area contributed by atoms with Crippen LogP contribution in [0.3, 0.4) is 0 Å². The first kappa shape index (κ1) is 21.3. The molecule has 0 unspecified atom stereocenters. The van der Waals surface area contributed by atoms with Crippen molar-refractivity contribution in [1.29, 1.82) is 0 Å². The molecule has 2 amide bonds. The molecule has 0 bridgehead atoms. The Balaban J connectivity index is 1.39. The minimum absolute atomic E-state index is 0.0316. The number of benzene rings is 2. The molecule has 3 rings (SSSR count). The Hall–Kier alpha value is -2.41. The zero-order chi connectivity index (χ0) is 20.6. The number of hydrogen-bond donors (Lipinski definition) is 4. The van der Waals surface area contributed by atoms with Gasteiger partial charge in [0.1, 0.15) is 26.2 Å². The number of anilines is 2. The SMILES string of the molecule is CCc1ccc(NC(=O)C[NH+]2CC[NH+](CC(=O)Nc3ccccc3Cl)CC2)cc1. The molecule has 1 aliphatic heterocycles. The van der Waals surface area contributed by atoms with Crippen LogP contribution in [0.2, 0.25) is 5.02 Å². The fourth-order valence-corrected chi connectivity index (χ4v) is 3.73. The number of carbonyl (C=O) groups excluding carboxylic acids is 2. The van der Waals surface area contributed by atoms with Crippen LogP contribution in [-0.2, 0) is 16.0 Å². The van der Waals surface area contributed by atoms with Gasteiger partial charge in [-0.15, -0.1) is 0 Å². The Bertz CT molecular complexity index is 833. The third-order valence-corrected chi connectivity index (χ3v) is 5.61. The molecule has 0 atom stereocenters. The number of nitrogens with one attached hydrogen (secondary N) is 4. The molecule has 0 radical (unpaired) electrons. The molecule has 0 saturated carbocycles. The smallest absolute Gasteiger partial charge is 0.279 e. The number of piperazine rings is 1. The second kappa shape index (κ2) is 10.4. The van der Waals surface area contributed by atoms with Crippen LogP contribution in [0.5, 0.6) is 0 Å². The molecule has 2 aromatic carbocycles. The van der Waals surface area contributed by atoms with E-state index in [0.29, 0.717) is 23.8 Å². The molecule has 6 nitrogen and oxygen atoms in total. The highest BCUT2D eigenvalue weighted by molar-refractivity contribution is 6.33. The summed E-state index contributed by atoms with van der Waals surface area (Å²) in [6.45, 7) is 6.45. The topological polar surface area (TPSA) is 67.1 Å². The monoisotopic (exact) mass is 416 g/mol. The second-order valence-electron chi connectivity index (χ2n) is 7.48. The summed E-state index contributed by atoms with van der Waals surface area (Å²) in [5.74, 6) is -0.00557. The molecule has 1 saturated heterocycles. The predicted molar refractivity (Wildman–Crippen MR) is 116 cm³/mol. The van der Waals surface area contributed by atoms with Gasteiger partial charge in [0, 0.05) is 5.69 Å². The van der Waals surface area contributed by atoms with Crippen molar-refractivity contribution in [2.45, 2.75) is 13.3 Å². The van der Waals surface area contributed by atoms with Gasteiger partial charge in [-0.1, -0.05) is 42.8 Å². The predicted octanol–water partition coefficient (Wildman–Crippen LogP) is 0.263. The first-order valence-electron chi connectivity index (χ1n) is 10.1. The Morgan fingerprint density at radius 2 is 1.41 bits per heavy atom. The van der Waals surface area contributed by atoms with Crippen LogP contribution in [-0.4, -0.2) is 51.1 Å². The lowest BCUT2D eigenvalue weighted by Crippen LogP contribution is -3.28. The minimum Gasteiger partial charge on any atom is -0.321 e. The lowest BCUT2D eigenvalue weighted by Gasteiger charge is -2.29. The number of halogens is 1. The van der Waals surface area contributed by atoms with E-state index in [1.807, 2.05) is 36.4 Å². The van der Waals surface area contributed by atoms with Crippen LogP contribution >= 0.6 is 11.6 Å². The number of aryl methyl sites for hydroxylation is 1. The van der Waals surface area contributed by atoms with Gasteiger partial charge < -0.3 is 20.4 Å². The lowest BCUT2D eigenvalue weighted by molar-refractivity contribution is -1.00. The molecule has 0 spiro atoms. The van der Waals surface area contributed by atoms with Crippen molar-refractivity contribution in [3.63, 3.8) is 0 Å². The molecule has 2 aromatic rings. The third-order valence-electron chi connectivity index (χ3n) is 5.28. The van der Waals surface area contributed by atoms with Crippen LogP contribution in [0.1, 0.15) is 12.5 Å². The van der Waals surface area contributed by atoms with E-state index in [4.69, 9.17) is 11.6 Å². The van der Waals surface area contributed by atoms with E-state index in [0.717, 1.165) is 38.3 Å². The summed E-state index contributed by atoms with van der Waals surface area (Å²) in [5, 5.41) is 6.39. The Morgan fingerprint density at radius 3 is 1.97 bits per heavy atom. The van der Waals surface area contributed by atoms with Crippen molar-refractivity contribution in [3.05, 3.63) is 59.1 Å². The van der Waals surface area contributed by atoms with Gasteiger partial charge in [-0.05, 0) is 36.2 Å². The van der Waals surface area contributed by atoms with Gasteiger partial charge in [0.05, 0.1) is 10.7 Å². The molecule has 1 heterocycles. The highest BCUT2D eigenvalue weighted by Gasteiger charge is 2.26. The maximum atomic E-state index is 12.3. The average Bonchev–Trinajstić information content (AvgIpc) is 2.72. The first-order chi connectivity index (χ1) is 14.0. The van der Waals surface area contributed by atoms with Crippen molar-refractivity contribution in [1.82, 2.24) is 0 Å². The van der Waals surface area contributed by atoms with Gasteiger partial charge in [-0.2, -0.15) is 0 Å². The van der Waals surface area contributed by atoms with Crippen LogP contribution in [0.4, 0.5) is 11.4 Å².